The Bertz CT molecular complexity index is 74.8. The molecule has 1 fully saturated rings. The molecule has 0 aromatic rings. The summed E-state index contributed by atoms with van der Waals surface area (Å²) < 4.78 is 10.6. The van der Waals surface area contributed by atoms with Crippen LogP contribution >= 0.6 is 0 Å². The first-order valence-electron chi connectivity index (χ1n) is 3.34. The highest BCUT2D eigenvalue weighted by atomic mass is 16.6. The van der Waals surface area contributed by atoms with Crippen molar-refractivity contribution in [3.8, 4) is 0 Å². The fourth-order valence-electron chi connectivity index (χ4n) is 1.11. The van der Waals surface area contributed by atoms with Crippen LogP contribution in [0, 0.1) is 0 Å². The van der Waals surface area contributed by atoms with Gasteiger partial charge in [-0.2, -0.15) is 0 Å². The van der Waals surface area contributed by atoms with E-state index in [2.05, 4.69) is 0 Å². The van der Waals surface area contributed by atoms with Gasteiger partial charge in [-0.25, -0.2) is 0 Å². The SMILES string of the molecule is CB1[B]B(C)OB(C)O1. The van der Waals surface area contributed by atoms with Gasteiger partial charge in [0.05, 0.1) is 0 Å². The number of hydrogen-bond donors (Lipinski definition) is 0. The molecule has 2 nitrogen and oxygen atoms in total. The predicted molar refractivity (Wildman–Crippen MR) is 42.8 cm³/mol. The van der Waals surface area contributed by atoms with Crippen molar-refractivity contribution < 1.29 is 9.14 Å². The van der Waals surface area contributed by atoms with Crippen LogP contribution < -0.4 is 0 Å². The molecule has 1 aliphatic heterocycles. The molecule has 0 aromatic carbocycles. The largest absolute Gasteiger partial charge is 0.483 e. The Morgan fingerprint density at radius 2 is 1.44 bits per heavy atom. The summed E-state index contributed by atoms with van der Waals surface area (Å²) >= 11 is 0. The summed E-state index contributed by atoms with van der Waals surface area (Å²) in [5, 5.41) is 0. The van der Waals surface area contributed by atoms with Gasteiger partial charge >= 0.3 is 7.12 Å². The summed E-state index contributed by atoms with van der Waals surface area (Å²) in [6.07, 6.45) is 0. The lowest BCUT2D eigenvalue weighted by atomic mass is 9.11. The molecule has 1 radical (unpaired) electrons. The molecule has 0 amide bonds. The molecule has 0 atom stereocenters. The van der Waals surface area contributed by atoms with E-state index in [0.717, 1.165) is 0 Å². The molecule has 1 heterocycles. The van der Waals surface area contributed by atoms with Crippen LogP contribution in [0.5, 0.6) is 0 Å². The minimum atomic E-state index is -0.0417. The molecule has 0 spiro atoms. The molecule has 0 N–H and O–H groups in total. The van der Waals surface area contributed by atoms with Gasteiger partial charge in [-0.1, -0.05) is 13.6 Å². The van der Waals surface area contributed by atoms with Crippen LogP contribution in [0.1, 0.15) is 0 Å². The zero-order valence-electron chi connectivity index (χ0n) is 6.13. The molecular formula is C3H9B4O2. The second kappa shape index (κ2) is 2.84. The van der Waals surface area contributed by atoms with Crippen molar-refractivity contribution in [1.29, 1.82) is 0 Å². The standard InChI is InChI=1S/C3H9B4O2/c1-5-4-6(2)9-7(3)8-5/h1-3H3. The maximum Gasteiger partial charge on any atom is 0.421 e. The molecular weight excluding hydrogens is 111 g/mol. The van der Waals surface area contributed by atoms with Crippen molar-refractivity contribution in [2.45, 2.75) is 20.5 Å². The molecule has 0 aliphatic carbocycles. The van der Waals surface area contributed by atoms with Crippen molar-refractivity contribution in [1.82, 2.24) is 0 Å². The second-order valence-electron chi connectivity index (χ2n) is 2.44. The fraction of sp³-hybridized carbons (Fsp3) is 1.00. The predicted octanol–water partition coefficient (Wildman–Crippen LogP) is 0.0914. The van der Waals surface area contributed by atoms with E-state index in [-0.39, 0.29) is 20.7 Å². The van der Waals surface area contributed by atoms with Gasteiger partial charge < -0.3 is 9.14 Å². The molecule has 0 saturated carbocycles. The van der Waals surface area contributed by atoms with Crippen LogP contribution in [-0.2, 0) is 9.14 Å². The maximum atomic E-state index is 5.28. The van der Waals surface area contributed by atoms with Crippen molar-refractivity contribution in [3.63, 3.8) is 0 Å². The summed E-state index contributed by atoms with van der Waals surface area (Å²) in [5.74, 6) is 0. The Morgan fingerprint density at radius 3 is 1.78 bits per heavy atom. The third-order valence-electron chi connectivity index (χ3n) is 1.35. The summed E-state index contributed by atoms with van der Waals surface area (Å²) in [6, 6.07) is 0. The zero-order valence-corrected chi connectivity index (χ0v) is 6.13. The van der Waals surface area contributed by atoms with Gasteiger partial charge in [-0.05, 0) is 6.82 Å². The monoisotopic (exact) mass is 121 g/mol. The van der Waals surface area contributed by atoms with E-state index in [1.165, 1.54) is 0 Å². The Kier molecular flexibility index (Phi) is 2.30. The van der Waals surface area contributed by atoms with Crippen molar-refractivity contribution in [2.24, 2.45) is 0 Å². The van der Waals surface area contributed by atoms with Crippen LogP contribution in [-0.4, -0.2) is 27.8 Å². The van der Waals surface area contributed by atoms with E-state index < -0.39 is 0 Å². The summed E-state index contributed by atoms with van der Waals surface area (Å²) in [5.41, 5.74) is 0. The third-order valence-corrected chi connectivity index (χ3v) is 1.35. The molecule has 1 rings (SSSR count). The third kappa shape index (κ3) is 2.11. The first kappa shape index (κ1) is 7.29. The van der Waals surface area contributed by atoms with Crippen LogP contribution in [0.3, 0.4) is 0 Å². The van der Waals surface area contributed by atoms with Gasteiger partial charge in [0.1, 0.15) is 7.06 Å². The average Bonchev–Trinajstić information content (AvgIpc) is 1.59. The highest BCUT2D eigenvalue weighted by Gasteiger charge is 2.29. The van der Waals surface area contributed by atoms with Crippen LogP contribution in [0.4, 0.5) is 0 Å². The van der Waals surface area contributed by atoms with Gasteiger partial charge in [-0.15, -0.1) is 0 Å². The summed E-state index contributed by atoms with van der Waals surface area (Å²) in [4.78, 5) is 0. The van der Waals surface area contributed by atoms with Crippen molar-refractivity contribution in [3.05, 3.63) is 0 Å². The van der Waals surface area contributed by atoms with Crippen molar-refractivity contribution >= 4 is 27.8 Å². The quantitative estimate of drug-likeness (QED) is 0.422. The number of rotatable bonds is 0. The van der Waals surface area contributed by atoms with E-state index in [4.69, 9.17) is 9.14 Å². The zero-order chi connectivity index (χ0) is 6.85. The van der Waals surface area contributed by atoms with Crippen LogP contribution in [0.2, 0.25) is 20.5 Å². The normalized spacial score (nSPS) is 20.1. The molecule has 6 heteroatoms. The van der Waals surface area contributed by atoms with E-state index in [1.54, 1.807) is 0 Å². The van der Waals surface area contributed by atoms with E-state index in [1.807, 2.05) is 27.5 Å². The van der Waals surface area contributed by atoms with Gasteiger partial charge in [0.25, 0.3) is 0 Å². The van der Waals surface area contributed by atoms with Crippen molar-refractivity contribution in [2.75, 3.05) is 0 Å². The topological polar surface area (TPSA) is 18.5 Å². The maximum absolute atomic E-state index is 5.28. The van der Waals surface area contributed by atoms with Crippen LogP contribution in [0.15, 0.2) is 0 Å². The molecule has 45 valence electrons. The lowest BCUT2D eigenvalue weighted by Crippen LogP contribution is -2.49. The minimum absolute atomic E-state index is 0.0417. The van der Waals surface area contributed by atoms with Gasteiger partial charge in [0, 0.05) is 0 Å². The Hall–Kier alpha value is 0.180. The first-order chi connectivity index (χ1) is 4.18. The smallest absolute Gasteiger partial charge is 0.421 e. The lowest BCUT2D eigenvalue weighted by Gasteiger charge is -2.24. The molecule has 1 aliphatic rings. The fourth-order valence-corrected chi connectivity index (χ4v) is 1.11. The van der Waals surface area contributed by atoms with Crippen LogP contribution in [0.25, 0.3) is 0 Å². The molecule has 0 aromatic heterocycles. The number of hydrogen-bond acceptors (Lipinski definition) is 2. The van der Waals surface area contributed by atoms with Gasteiger partial charge in [0.15, 0.2) is 0 Å². The molecule has 0 bridgehead atoms. The Labute approximate surface area is 58.3 Å². The second-order valence-corrected chi connectivity index (χ2v) is 2.44. The Morgan fingerprint density at radius 1 is 1.00 bits per heavy atom. The summed E-state index contributed by atoms with van der Waals surface area (Å²) in [7, 11) is 2.00. The molecule has 0 unspecified atom stereocenters. The van der Waals surface area contributed by atoms with E-state index in [9.17, 15) is 0 Å². The average molecular weight is 120 g/mol. The van der Waals surface area contributed by atoms with Gasteiger partial charge in [-0.3, -0.25) is 0 Å². The molecule has 1 saturated heterocycles. The van der Waals surface area contributed by atoms with Gasteiger partial charge in [0.2, 0.25) is 13.6 Å². The molecule has 9 heavy (non-hydrogen) atoms. The first-order valence-corrected chi connectivity index (χ1v) is 3.34. The lowest BCUT2D eigenvalue weighted by molar-refractivity contribution is 0.451. The van der Waals surface area contributed by atoms with E-state index >= 15 is 0 Å². The highest BCUT2D eigenvalue weighted by molar-refractivity contribution is 7.39. The minimum Gasteiger partial charge on any atom is -0.483 e. The Balaban J connectivity index is 2.34. The van der Waals surface area contributed by atoms with E-state index in [0.29, 0.717) is 0 Å². The summed E-state index contributed by atoms with van der Waals surface area (Å²) in [6.45, 7) is 6.44. The highest BCUT2D eigenvalue weighted by Crippen LogP contribution is 2.02.